The number of hydrogen-bond acceptors (Lipinski definition) is 2. The maximum Gasteiger partial charge on any atom is 0.262 e. The normalized spacial score (nSPS) is 10.3. The second-order valence-corrected chi connectivity index (χ2v) is 5.62. The highest BCUT2D eigenvalue weighted by Crippen LogP contribution is 2.31. The Morgan fingerprint density at radius 1 is 1.00 bits per heavy atom. The summed E-state index contributed by atoms with van der Waals surface area (Å²) in [6.45, 7) is -0.208. The van der Waals surface area contributed by atoms with Crippen molar-refractivity contribution in [3.63, 3.8) is 0 Å². The molecule has 0 spiro atoms. The standard InChI is InChI=1S/C14H9Cl4NO2/c15-9-5-4-8(6-11(9)17)19-13(20)7-21-12-3-1-2-10(16)14(12)18/h1-6H,7H2,(H,19,20). The number of benzene rings is 2. The lowest BCUT2D eigenvalue weighted by molar-refractivity contribution is -0.118. The van der Waals surface area contributed by atoms with Crippen molar-refractivity contribution < 1.29 is 9.53 Å². The number of carbonyl (C=O) groups excluding carboxylic acids is 1. The van der Waals surface area contributed by atoms with Gasteiger partial charge in [-0.25, -0.2) is 0 Å². The van der Waals surface area contributed by atoms with Gasteiger partial charge in [-0.05, 0) is 30.3 Å². The summed E-state index contributed by atoms with van der Waals surface area (Å²) < 4.78 is 5.32. The molecule has 0 aliphatic rings. The lowest BCUT2D eigenvalue weighted by Crippen LogP contribution is -2.20. The number of rotatable bonds is 4. The first-order valence-corrected chi connectivity index (χ1v) is 7.30. The summed E-state index contributed by atoms with van der Waals surface area (Å²) in [6.07, 6.45) is 0. The van der Waals surface area contributed by atoms with Crippen LogP contribution < -0.4 is 10.1 Å². The van der Waals surface area contributed by atoms with Crippen molar-refractivity contribution in [2.75, 3.05) is 11.9 Å². The minimum absolute atomic E-state index is 0.208. The van der Waals surface area contributed by atoms with Gasteiger partial charge in [0.05, 0.1) is 15.1 Å². The molecule has 0 aliphatic heterocycles. The molecule has 2 aromatic carbocycles. The molecule has 0 radical (unpaired) electrons. The van der Waals surface area contributed by atoms with E-state index in [0.29, 0.717) is 26.5 Å². The molecule has 2 aromatic rings. The Hall–Kier alpha value is -1.13. The van der Waals surface area contributed by atoms with Gasteiger partial charge in [-0.3, -0.25) is 4.79 Å². The summed E-state index contributed by atoms with van der Waals surface area (Å²) >= 11 is 23.5. The van der Waals surface area contributed by atoms with Gasteiger partial charge in [0.1, 0.15) is 10.8 Å². The molecule has 7 heteroatoms. The molecule has 0 saturated heterocycles. The zero-order valence-corrected chi connectivity index (χ0v) is 13.5. The number of anilines is 1. The van der Waals surface area contributed by atoms with Gasteiger partial charge in [-0.2, -0.15) is 0 Å². The van der Waals surface area contributed by atoms with Crippen molar-refractivity contribution in [3.8, 4) is 5.75 Å². The first kappa shape index (κ1) is 16.2. The van der Waals surface area contributed by atoms with Gasteiger partial charge in [0.15, 0.2) is 6.61 Å². The van der Waals surface area contributed by atoms with Crippen LogP contribution in [-0.2, 0) is 4.79 Å². The highest BCUT2D eigenvalue weighted by atomic mass is 35.5. The Morgan fingerprint density at radius 2 is 1.76 bits per heavy atom. The van der Waals surface area contributed by atoms with Crippen LogP contribution >= 0.6 is 46.4 Å². The van der Waals surface area contributed by atoms with Crippen molar-refractivity contribution in [1.82, 2.24) is 0 Å². The molecule has 0 heterocycles. The molecule has 21 heavy (non-hydrogen) atoms. The van der Waals surface area contributed by atoms with Crippen molar-refractivity contribution in [2.45, 2.75) is 0 Å². The van der Waals surface area contributed by atoms with E-state index in [9.17, 15) is 4.79 Å². The topological polar surface area (TPSA) is 38.3 Å². The number of amides is 1. The molecular weight excluding hydrogens is 356 g/mol. The predicted molar refractivity (Wildman–Crippen MR) is 87.0 cm³/mol. The molecule has 0 aromatic heterocycles. The Labute approximate surface area is 141 Å². The van der Waals surface area contributed by atoms with Crippen LogP contribution in [0.15, 0.2) is 36.4 Å². The van der Waals surface area contributed by atoms with Crippen molar-refractivity contribution in [1.29, 1.82) is 0 Å². The van der Waals surface area contributed by atoms with Crippen molar-refractivity contribution >= 4 is 58.0 Å². The summed E-state index contributed by atoms with van der Waals surface area (Å²) in [6, 6.07) is 9.72. The molecule has 3 nitrogen and oxygen atoms in total. The average Bonchev–Trinajstić information content (AvgIpc) is 2.44. The van der Waals surface area contributed by atoms with Gasteiger partial charge < -0.3 is 10.1 Å². The second-order valence-electron chi connectivity index (χ2n) is 4.02. The molecule has 110 valence electrons. The summed E-state index contributed by atoms with van der Waals surface area (Å²) in [5.74, 6) is -0.0158. The fourth-order valence-electron chi connectivity index (χ4n) is 1.51. The molecule has 0 bridgehead atoms. The minimum atomic E-state index is -0.357. The minimum Gasteiger partial charge on any atom is -0.482 e. The number of hydrogen-bond donors (Lipinski definition) is 1. The molecule has 0 atom stereocenters. The van der Waals surface area contributed by atoms with E-state index in [4.69, 9.17) is 51.1 Å². The van der Waals surface area contributed by atoms with Crippen LogP contribution in [0.3, 0.4) is 0 Å². The number of ether oxygens (including phenoxy) is 1. The lowest BCUT2D eigenvalue weighted by atomic mass is 10.3. The van der Waals surface area contributed by atoms with Crippen LogP contribution in [0.1, 0.15) is 0 Å². The third kappa shape index (κ3) is 4.42. The SMILES string of the molecule is O=C(COc1cccc(Cl)c1Cl)Nc1ccc(Cl)c(Cl)c1. The maximum atomic E-state index is 11.8. The molecule has 0 unspecified atom stereocenters. The van der Waals surface area contributed by atoms with Crippen LogP contribution in [0.25, 0.3) is 0 Å². The van der Waals surface area contributed by atoms with Crippen LogP contribution in [0.5, 0.6) is 5.75 Å². The molecule has 2 rings (SSSR count). The van der Waals surface area contributed by atoms with Gasteiger partial charge in [-0.15, -0.1) is 0 Å². The molecule has 1 amide bonds. The summed E-state index contributed by atoms with van der Waals surface area (Å²) in [5.41, 5.74) is 0.523. The molecule has 0 fully saturated rings. The van der Waals surface area contributed by atoms with E-state index in [1.165, 1.54) is 0 Å². The monoisotopic (exact) mass is 363 g/mol. The van der Waals surface area contributed by atoms with E-state index in [-0.39, 0.29) is 17.5 Å². The molecule has 1 N–H and O–H groups in total. The highest BCUT2D eigenvalue weighted by molar-refractivity contribution is 6.43. The zero-order valence-electron chi connectivity index (χ0n) is 10.5. The summed E-state index contributed by atoms with van der Waals surface area (Å²) in [5, 5.41) is 4.03. The highest BCUT2D eigenvalue weighted by Gasteiger charge is 2.09. The Bertz CT molecular complexity index is 676. The van der Waals surface area contributed by atoms with Crippen LogP contribution in [-0.4, -0.2) is 12.5 Å². The zero-order chi connectivity index (χ0) is 15.4. The maximum absolute atomic E-state index is 11.8. The quantitative estimate of drug-likeness (QED) is 0.797. The fourth-order valence-corrected chi connectivity index (χ4v) is 2.15. The number of nitrogens with one attached hydrogen (secondary N) is 1. The van der Waals surface area contributed by atoms with Gasteiger partial charge in [0.2, 0.25) is 0 Å². The Balaban J connectivity index is 1.96. The summed E-state index contributed by atoms with van der Waals surface area (Å²) in [4.78, 5) is 11.8. The molecule has 0 saturated carbocycles. The first-order chi connectivity index (χ1) is 9.97. The van der Waals surface area contributed by atoms with Gasteiger partial charge in [-0.1, -0.05) is 52.5 Å². The lowest BCUT2D eigenvalue weighted by Gasteiger charge is -2.09. The third-order valence-corrected chi connectivity index (χ3v) is 4.02. The van der Waals surface area contributed by atoms with Crippen LogP contribution in [0, 0.1) is 0 Å². The van der Waals surface area contributed by atoms with Crippen molar-refractivity contribution in [2.24, 2.45) is 0 Å². The van der Waals surface area contributed by atoms with Crippen LogP contribution in [0.2, 0.25) is 20.1 Å². The number of halogens is 4. The van der Waals surface area contributed by atoms with Crippen molar-refractivity contribution in [3.05, 3.63) is 56.5 Å². The smallest absolute Gasteiger partial charge is 0.262 e. The van der Waals surface area contributed by atoms with E-state index < -0.39 is 0 Å². The third-order valence-electron chi connectivity index (χ3n) is 2.48. The fraction of sp³-hybridized carbons (Fsp3) is 0.0714. The summed E-state index contributed by atoms with van der Waals surface area (Å²) in [7, 11) is 0. The van der Waals surface area contributed by atoms with E-state index >= 15 is 0 Å². The van der Waals surface area contributed by atoms with E-state index in [1.54, 1.807) is 36.4 Å². The van der Waals surface area contributed by atoms with Gasteiger partial charge in [0, 0.05) is 5.69 Å². The largest absolute Gasteiger partial charge is 0.482 e. The Kier molecular flexibility index (Phi) is 5.59. The average molecular weight is 365 g/mol. The second kappa shape index (κ2) is 7.23. The van der Waals surface area contributed by atoms with E-state index in [0.717, 1.165) is 0 Å². The van der Waals surface area contributed by atoms with Crippen LogP contribution in [0.4, 0.5) is 5.69 Å². The van der Waals surface area contributed by atoms with Gasteiger partial charge in [0.25, 0.3) is 5.91 Å². The number of carbonyl (C=O) groups is 1. The van der Waals surface area contributed by atoms with E-state index in [1.807, 2.05) is 0 Å². The predicted octanol–water partition coefficient (Wildman–Crippen LogP) is 5.32. The first-order valence-electron chi connectivity index (χ1n) is 5.79. The molecular formula is C14H9Cl4NO2. The van der Waals surface area contributed by atoms with E-state index in [2.05, 4.69) is 5.32 Å². The Morgan fingerprint density at radius 3 is 2.48 bits per heavy atom. The van der Waals surface area contributed by atoms with Gasteiger partial charge >= 0.3 is 0 Å². The molecule has 0 aliphatic carbocycles.